The minimum Gasteiger partial charge on any atom is -0.497 e. The number of aliphatic hydroxyl groups excluding tert-OH is 1. The molecule has 0 bridgehead atoms. The summed E-state index contributed by atoms with van der Waals surface area (Å²) in [5, 5.41) is 14.5. The van der Waals surface area contributed by atoms with E-state index in [0.717, 1.165) is 66.6 Å². The highest BCUT2D eigenvalue weighted by Gasteiger charge is 2.21. The first-order valence-electron chi connectivity index (χ1n) is 11.2. The van der Waals surface area contributed by atoms with Gasteiger partial charge in [0.2, 0.25) is 0 Å². The Morgan fingerprint density at radius 3 is 2.50 bits per heavy atom. The zero-order valence-corrected chi connectivity index (χ0v) is 19.0. The molecule has 1 amide bonds. The van der Waals surface area contributed by atoms with Crippen LogP contribution in [0.4, 0.5) is 8.78 Å². The van der Waals surface area contributed by atoms with Crippen molar-refractivity contribution < 1.29 is 23.4 Å². The van der Waals surface area contributed by atoms with Gasteiger partial charge >= 0.3 is 0 Å². The number of halogens is 2. The Balaban J connectivity index is 1.25. The normalized spacial score (nSPS) is 15.9. The highest BCUT2D eigenvalue weighted by atomic mass is 19.1. The molecule has 7 nitrogen and oxygen atoms in total. The number of methoxy groups -OCH3 is 1. The van der Waals surface area contributed by atoms with E-state index in [2.05, 4.69) is 20.1 Å². The summed E-state index contributed by atoms with van der Waals surface area (Å²) < 4.78 is 31.9. The van der Waals surface area contributed by atoms with Crippen LogP contribution >= 0.6 is 0 Å². The fourth-order valence-corrected chi connectivity index (χ4v) is 4.22. The number of hydrogen-bond donors (Lipinski definition) is 2. The molecular formula is C25H28F2N4O3. The molecule has 180 valence electrons. The molecule has 4 rings (SSSR count). The molecule has 1 aliphatic heterocycles. The number of ether oxygens (including phenoxy) is 1. The molecule has 1 fully saturated rings. The van der Waals surface area contributed by atoms with Crippen LogP contribution in [0.3, 0.4) is 0 Å². The zero-order valence-electron chi connectivity index (χ0n) is 19.0. The third-order valence-electron chi connectivity index (χ3n) is 6.08. The molecule has 9 heteroatoms. The Bertz CT molecular complexity index is 1130. The number of nitrogens with zero attached hydrogens (tertiary/aromatic N) is 3. The van der Waals surface area contributed by atoms with Gasteiger partial charge in [-0.15, -0.1) is 0 Å². The second kappa shape index (κ2) is 10.9. The molecule has 0 aliphatic carbocycles. The van der Waals surface area contributed by atoms with Crippen molar-refractivity contribution in [3.8, 4) is 5.75 Å². The summed E-state index contributed by atoms with van der Waals surface area (Å²) in [6, 6.07) is 10.2. The van der Waals surface area contributed by atoms with E-state index in [1.165, 1.54) is 0 Å². The first-order chi connectivity index (χ1) is 16.4. The van der Waals surface area contributed by atoms with Crippen molar-refractivity contribution in [3.05, 3.63) is 71.4 Å². The Labute approximate surface area is 197 Å². The van der Waals surface area contributed by atoms with Crippen LogP contribution in [0.25, 0.3) is 10.9 Å². The summed E-state index contributed by atoms with van der Waals surface area (Å²) in [5.74, 6) is -1.33. The van der Waals surface area contributed by atoms with Gasteiger partial charge in [0.25, 0.3) is 5.91 Å². The van der Waals surface area contributed by atoms with Gasteiger partial charge in [0.1, 0.15) is 17.4 Å². The Morgan fingerprint density at radius 1 is 1.09 bits per heavy atom. The predicted octanol–water partition coefficient (Wildman–Crippen LogP) is 2.60. The summed E-state index contributed by atoms with van der Waals surface area (Å²) in [4.78, 5) is 20.9. The van der Waals surface area contributed by atoms with E-state index < -0.39 is 23.6 Å². The van der Waals surface area contributed by atoms with Crippen LogP contribution < -0.4 is 10.1 Å². The fourth-order valence-electron chi connectivity index (χ4n) is 4.22. The second-order valence-electron chi connectivity index (χ2n) is 8.36. The minimum absolute atomic E-state index is 0.0300. The average Bonchev–Trinajstić information content (AvgIpc) is 2.83. The van der Waals surface area contributed by atoms with Crippen molar-refractivity contribution in [1.29, 1.82) is 0 Å². The molecule has 0 radical (unpaired) electrons. The van der Waals surface area contributed by atoms with Crippen molar-refractivity contribution in [2.24, 2.45) is 0 Å². The van der Waals surface area contributed by atoms with Gasteiger partial charge in [-0.05, 0) is 42.0 Å². The van der Waals surface area contributed by atoms with E-state index in [-0.39, 0.29) is 5.56 Å². The maximum absolute atomic E-state index is 13.3. The molecule has 34 heavy (non-hydrogen) atoms. The molecule has 2 aromatic carbocycles. The van der Waals surface area contributed by atoms with Crippen LogP contribution in [-0.4, -0.2) is 78.7 Å². The van der Waals surface area contributed by atoms with Gasteiger partial charge < -0.3 is 15.2 Å². The van der Waals surface area contributed by atoms with Gasteiger partial charge in [-0.25, -0.2) is 8.78 Å². The van der Waals surface area contributed by atoms with Crippen molar-refractivity contribution in [2.45, 2.75) is 6.10 Å². The number of aliphatic hydroxyl groups is 1. The average molecular weight is 471 g/mol. The van der Waals surface area contributed by atoms with Crippen LogP contribution in [0.15, 0.2) is 48.7 Å². The summed E-state index contributed by atoms with van der Waals surface area (Å²) >= 11 is 0. The lowest BCUT2D eigenvalue weighted by molar-refractivity contribution is 0.0725. The van der Waals surface area contributed by atoms with E-state index in [1.54, 1.807) is 13.3 Å². The predicted molar refractivity (Wildman–Crippen MR) is 125 cm³/mol. The number of carbonyl (C=O) groups excluding carboxylic acids is 1. The van der Waals surface area contributed by atoms with E-state index in [4.69, 9.17) is 4.74 Å². The summed E-state index contributed by atoms with van der Waals surface area (Å²) in [5.41, 5.74) is 1.60. The third kappa shape index (κ3) is 5.85. The topological polar surface area (TPSA) is 77.9 Å². The van der Waals surface area contributed by atoms with E-state index in [9.17, 15) is 18.7 Å². The molecule has 3 aromatic rings. The number of pyridine rings is 1. The van der Waals surface area contributed by atoms with Gasteiger partial charge in [0.05, 0.1) is 18.7 Å². The maximum atomic E-state index is 13.3. The number of β-amino-alcohol motifs (C(OH)–C–C–N with tert-alkyl or cyclic N) is 1. The number of amides is 1. The minimum atomic E-state index is -0.776. The van der Waals surface area contributed by atoms with Gasteiger partial charge in [0, 0.05) is 69.0 Å². The lowest BCUT2D eigenvalue weighted by Gasteiger charge is -2.35. The smallest absolute Gasteiger partial charge is 0.251 e. The van der Waals surface area contributed by atoms with Gasteiger partial charge in [0.15, 0.2) is 0 Å². The Kier molecular flexibility index (Phi) is 7.66. The zero-order chi connectivity index (χ0) is 24.1. The lowest BCUT2D eigenvalue weighted by atomic mass is 10.0. The summed E-state index contributed by atoms with van der Waals surface area (Å²) in [7, 11) is 1.61. The van der Waals surface area contributed by atoms with Gasteiger partial charge in [-0.1, -0.05) is 0 Å². The largest absolute Gasteiger partial charge is 0.497 e. The summed E-state index contributed by atoms with van der Waals surface area (Å²) in [6.07, 6.45) is 1.05. The third-order valence-corrected chi connectivity index (χ3v) is 6.08. The molecule has 1 atom stereocenters. The van der Waals surface area contributed by atoms with Gasteiger partial charge in [-0.2, -0.15) is 0 Å². The Morgan fingerprint density at radius 2 is 1.79 bits per heavy atom. The highest BCUT2D eigenvalue weighted by Crippen LogP contribution is 2.27. The van der Waals surface area contributed by atoms with Crippen LogP contribution in [-0.2, 0) is 0 Å². The monoisotopic (exact) mass is 470 g/mol. The number of aromatic nitrogens is 1. The molecule has 1 saturated heterocycles. The SMILES string of the molecule is COc1ccc2nccc(C(O)CN3CCN(CCNC(=O)c4cc(F)cc(F)c4)CC3)c2c1. The first kappa shape index (κ1) is 24.0. The van der Waals surface area contributed by atoms with Crippen LogP contribution in [0.1, 0.15) is 22.0 Å². The number of nitrogens with one attached hydrogen (secondary N) is 1. The van der Waals surface area contributed by atoms with Crippen LogP contribution in [0.5, 0.6) is 5.75 Å². The van der Waals surface area contributed by atoms with E-state index in [0.29, 0.717) is 19.6 Å². The number of carbonyl (C=O) groups is 1. The van der Waals surface area contributed by atoms with E-state index in [1.807, 2.05) is 24.3 Å². The maximum Gasteiger partial charge on any atom is 0.251 e. The number of fused-ring (bicyclic) bond motifs is 1. The molecule has 2 N–H and O–H groups in total. The van der Waals surface area contributed by atoms with Crippen molar-refractivity contribution >= 4 is 16.8 Å². The van der Waals surface area contributed by atoms with Crippen LogP contribution in [0.2, 0.25) is 0 Å². The molecule has 2 heterocycles. The highest BCUT2D eigenvalue weighted by molar-refractivity contribution is 5.94. The summed E-state index contributed by atoms with van der Waals surface area (Å²) in [6.45, 7) is 4.67. The standard InChI is InChI=1S/C25H28F2N4O3/c1-34-20-2-3-23-22(15-20)21(4-5-28-23)24(32)16-31-10-8-30(9-11-31)7-6-29-25(33)17-12-18(26)14-19(27)13-17/h2-5,12-15,24,32H,6-11,16H2,1H3,(H,29,33). The molecule has 0 saturated carbocycles. The number of hydrogen-bond acceptors (Lipinski definition) is 6. The molecular weight excluding hydrogens is 442 g/mol. The molecule has 1 aromatic heterocycles. The molecule has 0 spiro atoms. The van der Waals surface area contributed by atoms with Crippen LogP contribution in [0, 0.1) is 11.6 Å². The Hall–Kier alpha value is -3.14. The van der Waals surface area contributed by atoms with Crippen molar-refractivity contribution in [1.82, 2.24) is 20.1 Å². The second-order valence-corrected chi connectivity index (χ2v) is 8.36. The fraction of sp³-hybridized carbons (Fsp3) is 0.360. The number of rotatable bonds is 8. The van der Waals surface area contributed by atoms with Crippen molar-refractivity contribution in [2.75, 3.05) is 52.9 Å². The molecule has 1 unspecified atom stereocenters. The number of piperazine rings is 1. The van der Waals surface area contributed by atoms with E-state index >= 15 is 0 Å². The lowest BCUT2D eigenvalue weighted by Crippen LogP contribution is -2.49. The number of benzene rings is 2. The molecule has 1 aliphatic rings. The van der Waals surface area contributed by atoms with Crippen molar-refractivity contribution in [3.63, 3.8) is 0 Å². The van der Waals surface area contributed by atoms with Gasteiger partial charge in [-0.3, -0.25) is 19.6 Å². The first-order valence-corrected chi connectivity index (χ1v) is 11.2. The quantitative estimate of drug-likeness (QED) is 0.527.